The maximum atomic E-state index is 10.2. The van der Waals surface area contributed by atoms with Crippen molar-refractivity contribution in [3.63, 3.8) is 0 Å². The summed E-state index contributed by atoms with van der Waals surface area (Å²) in [6, 6.07) is 0. The third-order valence-electron chi connectivity index (χ3n) is 2.28. The first kappa shape index (κ1) is 14.8. The van der Waals surface area contributed by atoms with Crippen molar-refractivity contribution in [2.75, 3.05) is 0 Å². The van der Waals surface area contributed by atoms with Crippen LogP contribution >= 0.6 is 0 Å². The molecule has 0 aromatic heterocycles. The average molecular weight is 222 g/mol. The second-order valence-electron chi connectivity index (χ2n) is 3.84. The van der Waals surface area contributed by atoms with E-state index >= 15 is 0 Å². The lowest BCUT2D eigenvalue weighted by molar-refractivity contribution is -0.137. The van der Waals surface area contributed by atoms with Gasteiger partial charge in [0, 0.05) is 19.3 Å². The minimum absolute atomic E-state index is 0.287. The summed E-state index contributed by atoms with van der Waals surface area (Å²) in [5.74, 6) is 5.57. The molecule has 0 fully saturated rings. The van der Waals surface area contributed by atoms with Crippen molar-refractivity contribution in [3.8, 4) is 11.8 Å². The van der Waals surface area contributed by atoms with Crippen LogP contribution in [0.1, 0.15) is 57.8 Å². The van der Waals surface area contributed by atoms with E-state index in [1.807, 2.05) is 6.08 Å². The quantitative estimate of drug-likeness (QED) is 0.366. The van der Waals surface area contributed by atoms with Crippen LogP contribution in [0.4, 0.5) is 0 Å². The van der Waals surface area contributed by atoms with E-state index in [1.165, 1.54) is 6.42 Å². The van der Waals surface area contributed by atoms with Gasteiger partial charge in [0.1, 0.15) is 0 Å². The number of allylic oxidation sites excluding steroid dienone is 1. The molecule has 0 spiro atoms. The van der Waals surface area contributed by atoms with Gasteiger partial charge in [0.25, 0.3) is 0 Å². The fourth-order valence-corrected chi connectivity index (χ4v) is 1.35. The lowest BCUT2D eigenvalue weighted by Gasteiger charge is -1.93. The van der Waals surface area contributed by atoms with Gasteiger partial charge < -0.3 is 5.11 Å². The van der Waals surface area contributed by atoms with Crippen LogP contribution in [0.3, 0.4) is 0 Å². The van der Waals surface area contributed by atoms with Crippen LogP contribution in [0.2, 0.25) is 0 Å². The van der Waals surface area contributed by atoms with Crippen LogP contribution in [-0.2, 0) is 4.79 Å². The minimum Gasteiger partial charge on any atom is -0.481 e. The molecule has 0 aromatic carbocycles. The number of hydrogen-bond acceptors (Lipinski definition) is 1. The molecule has 0 aliphatic rings. The highest BCUT2D eigenvalue weighted by molar-refractivity contribution is 5.66. The van der Waals surface area contributed by atoms with Crippen molar-refractivity contribution >= 4 is 5.97 Å². The molecule has 1 N–H and O–H groups in total. The normalized spacial score (nSPS) is 9.25. The summed E-state index contributed by atoms with van der Waals surface area (Å²) < 4.78 is 0. The summed E-state index contributed by atoms with van der Waals surface area (Å²) in [6.07, 6.45) is 10.3. The van der Waals surface area contributed by atoms with Crippen molar-refractivity contribution in [3.05, 3.63) is 12.7 Å². The lowest BCUT2D eigenvalue weighted by Crippen LogP contribution is -1.93. The van der Waals surface area contributed by atoms with E-state index in [9.17, 15) is 4.79 Å². The van der Waals surface area contributed by atoms with E-state index in [2.05, 4.69) is 18.4 Å². The van der Waals surface area contributed by atoms with Crippen molar-refractivity contribution in [1.82, 2.24) is 0 Å². The molecule has 16 heavy (non-hydrogen) atoms. The van der Waals surface area contributed by atoms with Gasteiger partial charge in [0.05, 0.1) is 0 Å². The summed E-state index contributed by atoms with van der Waals surface area (Å²) >= 11 is 0. The highest BCUT2D eigenvalue weighted by Gasteiger charge is 1.94. The zero-order chi connectivity index (χ0) is 12.1. The first-order valence-corrected chi connectivity index (χ1v) is 6.05. The largest absolute Gasteiger partial charge is 0.481 e. The molecule has 2 heteroatoms. The number of unbranched alkanes of at least 4 members (excludes halogenated alkanes) is 6. The van der Waals surface area contributed by atoms with Crippen LogP contribution in [0.15, 0.2) is 12.7 Å². The van der Waals surface area contributed by atoms with Gasteiger partial charge in [-0.3, -0.25) is 4.79 Å². The SMILES string of the molecule is C=CCCCCC#CCCCCCC(=O)O. The fraction of sp³-hybridized carbons (Fsp3) is 0.643. The van der Waals surface area contributed by atoms with E-state index in [4.69, 9.17) is 5.11 Å². The molecule has 0 aliphatic heterocycles. The Morgan fingerprint density at radius 2 is 1.69 bits per heavy atom. The second kappa shape index (κ2) is 11.8. The number of carboxylic acid groups (broad SMARTS) is 1. The van der Waals surface area contributed by atoms with Crippen molar-refractivity contribution in [2.24, 2.45) is 0 Å². The van der Waals surface area contributed by atoms with Crippen molar-refractivity contribution in [2.45, 2.75) is 57.8 Å². The second-order valence-corrected chi connectivity index (χ2v) is 3.84. The predicted molar refractivity (Wildman–Crippen MR) is 67.2 cm³/mol. The first-order valence-electron chi connectivity index (χ1n) is 6.05. The van der Waals surface area contributed by atoms with Gasteiger partial charge in [-0.25, -0.2) is 0 Å². The Morgan fingerprint density at radius 3 is 2.25 bits per heavy atom. The molecular weight excluding hydrogens is 200 g/mol. The van der Waals surface area contributed by atoms with E-state index in [-0.39, 0.29) is 6.42 Å². The molecule has 0 saturated carbocycles. The molecule has 0 saturated heterocycles. The average Bonchev–Trinajstić information content (AvgIpc) is 2.25. The zero-order valence-electron chi connectivity index (χ0n) is 10.0. The minimum atomic E-state index is -0.701. The molecular formula is C14H22O2. The number of carbonyl (C=O) groups is 1. The van der Waals surface area contributed by atoms with Gasteiger partial charge in [-0.15, -0.1) is 18.4 Å². The van der Waals surface area contributed by atoms with Gasteiger partial charge >= 0.3 is 5.97 Å². The molecule has 0 rings (SSSR count). The Morgan fingerprint density at radius 1 is 1.06 bits per heavy atom. The molecule has 0 unspecified atom stereocenters. The Bertz CT molecular complexity index is 245. The first-order chi connectivity index (χ1) is 7.77. The maximum absolute atomic E-state index is 10.2. The summed E-state index contributed by atoms with van der Waals surface area (Å²) in [5, 5.41) is 8.42. The van der Waals surface area contributed by atoms with Crippen LogP contribution in [0, 0.1) is 11.8 Å². The Labute approximate surface area is 98.7 Å². The van der Waals surface area contributed by atoms with Crippen molar-refractivity contribution in [1.29, 1.82) is 0 Å². The monoisotopic (exact) mass is 222 g/mol. The van der Waals surface area contributed by atoms with Crippen LogP contribution < -0.4 is 0 Å². The highest BCUT2D eigenvalue weighted by atomic mass is 16.4. The number of carboxylic acids is 1. The van der Waals surface area contributed by atoms with Gasteiger partial charge in [0.2, 0.25) is 0 Å². The van der Waals surface area contributed by atoms with Gasteiger partial charge in [0.15, 0.2) is 0 Å². The fourth-order valence-electron chi connectivity index (χ4n) is 1.35. The molecule has 0 amide bonds. The molecule has 0 aromatic rings. The molecule has 0 bridgehead atoms. The lowest BCUT2D eigenvalue weighted by atomic mass is 10.1. The summed E-state index contributed by atoms with van der Waals surface area (Å²) in [7, 11) is 0. The number of aliphatic carboxylic acids is 1. The molecule has 2 nitrogen and oxygen atoms in total. The van der Waals surface area contributed by atoms with Crippen LogP contribution in [-0.4, -0.2) is 11.1 Å². The third kappa shape index (κ3) is 12.8. The highest BCUT2D eigenvalue weighted by Crippen LogP contribution is 2.02. The van der Waals surface area contributed by atoms with Gasteiger partial charge in [-0.1, -0.05) is 12.5 Å². The molecule has 0 radical (unpaired) electrons. The topological polar surface area (TPSA) is 37.3 Å². The van der Waals surface area contributed by atoms with E-state index < -0.39 is 5.97 Å². The van der Waals surface area contributed by atoms with E-state index in [1.54, 1.807) is 0 Å². The van der Waals surface area contributed by atoms with E-state index in [0.29, 0.717) is 0 Å². The van der Waals surface area contributed by atoms with Gasteiger partial charge in [-0.05, 0) is 32.1 Å². The van der Waals surface area contributed by atoms with Crippen LogP contribution in [0.5, 0.6) is 0 Å². The Balaban J connectivity index is 3.15. The zero-order valence-corrected chi connectivity index (χ0v) is 10.0. The summed E-state index contributed by atoms with van der Waals surface area (Å²) in [4.78, 5) is 10.2. The summed E-state index contributed by atoms with van der Waals surface area (Å²) in [6.45, 7) is 3.67. The summed E-state index contributed by atoms with van der Waals surface area (Å²) in [5.41, 5.74) is 0. The molecule has 0 heterocycles. The predicted octanol–water partition coefficient (Wildman–Crippen LogP) is 3.77. The molecule has 0 aliphatic carbocycles. The molecule has 0 atom stereocenters. The third-order valence-corrected chi connectivity index (χ3v) is 2.28. The Kier molecular flexibility index (Phi) is 10.9. The number of hydrogen-bond donors (Lipinski definition) is 1. The van der Waals surface area contributed by atoms with Crippen molar-refractivity contribution < 1.29 is 9.90 Å². The standard InChI is InChI=1S/C14H22O2/c1-2-3-4-5-6-7-8-9-10-11-12-13-14(15)16/h2H,1,3-6,9-13H2,(H,15,16). The maximum Gasteiger partial charge on any atom is 0.303 e. The molecule has 90 valence electrons. The number of rotatable bonds is 9. The van der Waals surface area contributed by atoms with E-state index in [0.717, 1.165) is 44.9 Å². The van der Waals surface area contributed by atoms with Crippen LogP contribution in [0.25, 0.3) is 0 Å². The Hall–Kier alpha value is -1.23. The van der Waals surface area contributed by atoms with Gasteiger partial charge in [-0.2, -0.15) is 0 Å². The smallest absolute Gasteiger partial charge is 0.303 e.